The highest BCUT2D eigenvalue weighted by atomic mass is 19.1. The predicted octanol–water partition coefficient (Wildman–Crippen LogP) is 2.92. The van der Waals surface area contributed by atoms with Gasteiger partial charge in [0.05, 0.1) is 12.9 Å². The molecule has 2 aromatic rings. The lowest BCUT2D eigenvalue weighted by Crippen LogP contribution is -2.13. The van der Waals surface area contributed by atoms with Crippen molar-refractivity contribution in [2.75, 3.05) is 6.67 Å². The van der Waals surface area contributed by atoms with E-state index < -0.39 is 0 Å². The number of ether oxygens (including phenoxy) is 1. The van der Waals surface area contributed by atoms with Crippen LogP contribution in [0.25, 0.3) is 0 Å². The number of aromatic nitrogens is 3. The third-order valence-corrected chi connectivity index (χ3v) is 2.66. The molecule has 1 N–H and O–H groups in total. The number of H-pyrrole nitrogens is 1. The number of hydrogen-bond acceptors (Lipinski definition) is 3. The molecule has 0 aliphatic heterocycles. The third kappa shape index (κ3) is 3.29. The summed E-state index contributed by atoms with van der Waals surface area (Å²) in [5, 5.41) is 10.3. The smallest absolute Gasteiger partial charge is 0.144 e. The van der Waals surface area contributed by atoms with E-state index in [-0.39, 0.29) is 18.7 Å². The van der Waals surface area contributed by atoms with Gasteiger partial charge in [-0.15, -0.1) is 0 Å². The molecule has 96 valence electrons. The van der Waals surface area contributed by atoms with Crippen LogP contribution in [0.1, 0.15) is 25.1 Å². The number of halogens is 1. The van der Waals surface area contributed by atoms with E-state index in [0.29, 0.717) is 12.1 Å². The second-order valence-electron chi connectivity index (χ2n) is 4.31. The summed E-state index contributed by atoms with van der Waals surface area (Å²) in [5.74, 6) is 0.673. The molecule has 0 bridgehead atoms. The molecule has 0 saturated heterocycles. The zero-order valence-corrected chi connectivity index (χ0v) is 10.2. The number of nitrogens with zero attached hydrogens (tertiary/aromatic N) is 2. The van der Waals surface area contributed by atoms with E-state index >= 15 is 0 Å². The van der Waals surface area contributed by atoms with E-state index in [1.165, 1.54) is 0 Å². The van der Waals surface area contributed by atoms with E-state index in [1.807, 2.05) is 37.3 Å². The second-order valence-corrected chi connectivity index (χ2v) is 4.31. The molecule has 4 nitrogen and oxygen atoms in total. The average Bonchev–Trinajstić information content (AvgIpc) is 2.93. The van der Waals surface area contributed by atoms with Crippen LogP contribution in [0.3, 0.4) is 0 Å². The molecular weight excluding hydrogens is 233 g/mol. The molecule has 5 heteroatoms. The van der Waals surface area contributed by atoms with Gasteiger partial charge >= 0.3 is 0 Å². The Morgan fingerprint density at radius 3 is 2.72 bits per heavy atom. The molecule has 0 radical (unpaired) electrons. The summed E-state index contributed by atoms with van der Waals surface area (Å²) < 4.78 is 18.5. The molecule has 1 aromatic heterocycles. The van der Waals surface area contributed by atoms with Gasteiger partial charge in [0.15, 0.2) is 0 Å². The van der Waals surface area contributed by atoms with Gasteiger partial charge in [-0.2, -0.15) is 15.4 Å². The minimum Gasteiger partial charge on any atom is -0.484 e. The van der Waals surface area contributed by atoms with E-state index in [9.17, 15) is 4.39 Å². The van der Waals surface area contributed by atoms with Crippen LogP contribution >= 0.6 is 0 Å². The first-order chi connectivity index (χ1) is 8.79. The molecule has 0 amide bonds. The minimum absolute atomic E-state index is 0.0737. The molecule has 0 saturated carbocycles. The molecule has 2 unspecified atom stereocenters. The van der Waals surface area contributed by atoms with Crippen molar-refractivity contribution >= 4 is 0 Å². The fraction of sp³-hybridized carbons (Fsp3) is 0.385. The van der Waals surface area contributed by atoms with Crippen LogP contribution in [0.2, 0.25) is 0 Å². The number of rotatable bonds is 6. The molecule has 1 aromatic carbocycles. The van der Waals surface area contributed by atoms with Crippen molar-refractivity contribution in [3.8, 4) is 5.75 Å². The van der Waals surface area contributed by atoms with Gasteiger partial charge in [0.1, 0.15) is 17.5 Å². The Kier molecular flexibility index (Phi) is 4.28. The molecule has 2 rings (SSSR count). The van der Waals surface area contributed by atoms with Gasteiger partial charge in [0.2, 0.25) is 0 Å². The fourth-order valence-electron chi connectivity index (χ4n) is 1.69. The van der Waals surface area contributed by atoms with Crippen LogP contribution in [0, 0.1) is 5.92 Å². The largest absolute Gasteiger partial charge is 0.484 e. The van der Waals surface area contributed by atoms with Crippen molar-refractivity contribution in [3.63, 3.8) is 0 Å². The molecule has 1 heterocycles. The lowest BCUT2D eigenvalue weighted by atomic mass is 10.0. The topological polar surface area (TPSA) is 50.8 Å². The highest BCUT2D eigenvalue weighted by molar-refractivity contribution is 5.22. The maximum absolute atomic E-state index is 12.6. The standard InChI is InChI=1S/C13H16FN3O/c1-10(8-14)7-13(12-9-15-17-16-12)18-11-5-3-2-4-6-11/h2-6,9-10,13H,7-8H2,1H3,(H,15,16,17). The summed E-state index contributed by atoms with van der Waals surface area (Å²) in [6.07, 6.45) is 1.90. The molecule has 18 heavy (non-hydrogen) atoms. The Morgan fingerprint density at radius 1 is 1.33 bits per heavy atom. The second kappa shape index (κ2) is 6.14. The quantitative estimate of drug-likeness (QED) is 0.856. The first-order valence-corrected chi connectivity index (χ1v) is 5.93. The van der Waals surface area contributed by atoms with Crippen LogP contribution in [0.5, 0.6) is 5.75 Å². The van der Waals surface area contributed by atoms with Crippen LogP contribution in [-0.4, -0.2) is 22.1 Å². The molecular formula is C13H16FN3O. The summed E-state index contributed by atoms with van der Waals surface area (Å²) in [6.45, 7) is 1.48. The lowest BCUT2D eigenvalue weighted by molar-refractivity contribution is 0.159. The predicted molar refractivity (Wildman–Crippen MR) is 65.9 cm³/mol. The molecule has 2 atom stereocenters. The van der Waals surface area contributed by atoms with Gasteiger partial charge < -0.3 is 4.74 Å². The van der Waals surface area contributed by atoms with Gasteiger partial charge in [-0.1, -0.05) is 25.1 Å². The van der Waals surface area contributed by atoms with Gasteiger partial charge in [-0.25, -0.2) is 0 Å². The van der Waals surface area contributed by atoms with Crippen molar-refractivity contribution in [3.05, 3.63) is 42.2 Å². The minimum atomic E-state index is -0.369. The van der Waals surface area contributed by atoms with Crippen LogP contribution < -0.4 is 4.74 Å². The summed E-state index contributed by atoms with van der Waals surface area (Å²) in [6, 6.07) is 9.45. The fourth-order valence-corrected chi connectivity index (χ4v) is 1.69. The summed E-state index contributed by atoms with van der Waals surface area (Å²) in [4.78, 5) is 0. The van der Waals surface area contributed by atoms with Crippen molar-refractivity contribution in [2.24, 2.45) is 5.92 Å². The Labute approximate surface area is 105 Å². The Balaban J connectivity index is 2.10. The number of aromatic amines is 1. The lowest BCUT2D eigenvalue weighted by Gasteiger charge is -2.19. The van der Waals surface area contributed by atoms with Gasteiger partial charge in [0, 0.05) is 0 Å². The summed E-state index contributed by atoms with van der Waals surface area (Å²) >= 11 is 0. The number of para-hydroxylation sites is 1. The number of hydrogen-bond donors (Lipinski definition) is 1. The highest BCUT2D eigenvalue weighted by Gasteiger charge is 2.19. The molecule has 0 aliphatic carbocycles. The van der Waals surface area contributed by atoms with Gasteiger partial charge in [0.25, 0.3) is 0 Å². The Bertz CT molecular complexity index is 447. The maximum atomic E-state index is 12.6. The number of alkyl halides is 1. The first kappa shape index (κ1) is 12.5. The zero-order chi connectivity index (χ0) is 12.8. The van der Waals surface area contributed by atoms with Crippen molar-refractivity contribution < 1.29 is 9.13 Å². The molecule has 0 aliphatic rings. The van der Waals surface area contributed by atoms with Crippen molar-refractivity contribution in [1.82, 2.24) is 15.4 Å². The Morgan fingerprint density at radius 2 is 2.11 bits per heavy atom. The molecule has 0 spiro atoms. The maximum Gasteiger partial charge on any atom is 0.144 e. The van der Waals surface area contributed by atoms with Gasteiger partial charge in [-0.3, -0.25) is 4.39 Å². The van der Waals surface area contributed by atoms with Crippen LogP contribution in [0.4, 0.5) is 4.39 Å². The third-order valence-electron chi connectivity index (χ3n) is 2.66. The van der Waals surface area contributed by atoms with E-state index in [1.54, 1.807) is 6.20 Å². The van der Waals surface area contributed by atoms with Crippen molar-refractivity contribution in [2.45, 2.75) is 19.4 Å². The van der Waals surface area contributed by atoms with Gasteiger partial charge in [-0.05, 0) is 24.5 Å². The van der Waals surface area contributed by atoms with E-state index in [4.69, 9.17) is 4.74 Å². The summed E-state index contributed by atoms with van der Waals surface area (Å²) in [5.41, 5.74) is 0.694. The average molecular weight is 249 g/mol. The first-order valence-electron chi connectivity index (χ1n) is 5.93. The van der Waals surface area contributed by atoms with E-state index in [0.717, 1.165) is 5.75 Å². The number of benzene rings is 1. The zero-order valence-electron chi connectivity index (χ0n) is 10.2. The number of nitrogens with one attached hydrogen (secondary N) is 1. The Hall–Kier alpha value is -1.91. The summed E-state index contributed by atoms with van der Waals surface area (Å²) in [7, 11) is 0. The highest BCUT2D eigenvalue weighted by Crippen LogP contribution is 2.26. The normalized spacial score (nSPS) is 14.1. The van der Waals surface area contributed by atoms with Crippen LogP contribution in [0.15, 0.2) is 36.5 Å². The van der Waals surface area contributed by atoms with Crippen molar-refractivity contribution in [1.29, 1.82) is 0 Å². The molecule has 0 fully saturated rings. The SMILES string of the molecule is CC(CF)CC(Oc1ccccc1)c1cn[nH]n1. The van der Waals surface area contributed by atoms with E-state index in [2.05, 4.69) is 15.4 Å². The monoisotopic (exact) mass is 249 g/mol. The van der Waals surface area contributed by atoms with Crippen LogP contribution in [-0.2, 0) is 0 Å².